The van der Waals surface area contributed by atoms with Gasteiger partial charge in [0.05, 0.1) is 10.1 Å². The first kappa shape index (κ1) is 11.2. The van der Waals surface area contributed by atoms with E-state index in [2.05, 4.69) is 5.32 Å². The highest BCUT2D eigenvalue weighted by atomic mass is 32.2. The van der Waals surface area contributed by atoms with Crippen molar-refractivity contribution in [3.8, 4) is 0 Å². The molecule has 1 N–H and O–H groups in total. The molecule has 0 aromatic heterocycles. The molecule has 1 aromatic carbocycles. The van der Waals surface area contributed by atoms with Crippen molar-refractivity contribution >= 4 is 9.84 Å². The van der Waals surface area contributed by atoms with E-state index in [1.165, 1.54) is 12.8 Å². The summed E-state index contributed by atoms with van der Waals surface area (Å²) in [6.45, 7) is 1.81. The molecule has 2 aliphatic rings. The van der Waals surface area contributed by atoms with Crippen molar-refractivity contribution in [1.82, 2.24) is 5.32 Å². The van der Waals surface area contributed by atoms with Crippen molar-refractivity contribution in [3.63, 3.8) is 0 Å². The van der Waals surface area contributed by atoms with Crippen LogP contribution in [0.2, 0.25) is 0 Å². The molecule has 1 saturated carbocycles. The van der Waals surface area contributed by atoms with Crippen LogP contribution in [0, 0.1) is 0 Å². The number of rotatable bonds is 2. The van der Waals surface area contributed by atoms with Gasteiger partial charge in [-0.1, -0.05) is 18.2 Å². The Hall–Kier alpha value is -0.870. The molecular formula is C13H17NO2S. The first-order valence-corrected chi connectivity index (χ1v) is 7.72. The highest BCUT2D eigenvalue weighted by molar-refractivity contribution is 7.92. The summed E-state index contributed by atoms with van der Waals surface area (Å²) in [7, 11) is -3.11. The van der Waals surface area contributed by atoms with Crippen molar-refractivity contribution in [2.24, 2.45) is 0 Å². The van der Waals surface area contributed by atoms with Crippen molar-refractivity contribution < 1.29 is 8.42 Å². The highest BCUT2D eigenvalue weighted by Crippen LogP contribution is 2.37. The maximum Gasteiger partial charge on any atom is 0.181 e. The summed E-state index contributed by atoms with van der Waals surface area (Å²) < 4.78 is 24.4. The van der Waals surface area contributed by atoms with E-state index in [1.54, 1.807) is 6.07 Å². The summed E-state index contributed by atoms with van der Waals surface area (Å²) in [5.41, 5.74) is 0.956. The SMILES string of the molecule is CC1CC(NC2CC2)c2ccccc2S1(=O)=O. The Kier molecular flexibility index (Phi) is 2.52. The fourth-order valence-corrected chi connectivity index (χ4v) is 4.21. The fraction of sp³-hybridized carbons (Fsp3) is 0.538. The normalized spacial score (nSPS) is 30.9. The third kappa shape index (κ3) is 1.89. The number of hydrogen-bond acceptors (Lipinski definition) is 3. The number of nitrogens with one attached hydrogen (secondary N) is 1. The molecule has 1 heterocycles. The minimum absolute atomic E-state index is 0.206. The van der Waals surface area contributed by atoms with Crippen LogP contribution in [-0.4, -0.2) is 19.7 Å². The highest BCUT2D eigenvalue weighted by Gasteiger charge is 2.37. The van der Waals surface area contributed by atoms with Crippen LogP contribution in [0.4, 0.5) is 0 Å². The van der Waals surface area contributed by atoms with E-state index in [9.17, 15) is 8.42 Å². The van der Waals surface area contributed by atoms with Crippen molar-refractivity contribution in [2.75, 3.05) is 0 Å². The predicted molar refractivity (Wildman–Crippen MR) is 66.6 cm³/mol. The number of hydrogen-bond donors (Lipinski definition) is 1. The monoisotopic (exact) mass is 251 g/mol. The van der Waals surface area contributed by atoms with Gasteiger partial charge in [0, 0.05) is 12.1 Å². The topological polar surface area (TPSA) is 46.2 Å². The molecule has 1 aliphatic carbocycles. The van der Waals surface area contributed by atoms with Gasteiger partial charge in [-0.25, -0.2) is 8.42 Å². The van der Waals surface area contributed by atoms with Gasteiger partial charge in [-0.05, 0) is 37.8 Å². The van der Waals surface area contributed by atoms with Crippen LogP contribution >= 0.6 is 0 Å². The maximum absolute atomic E-state index is 12.2. The zero-order chi connectivity index (χ0) is 12.0. The molecule has 3 nitrogen and oxygen atoms in total. The molecule has 0 saturated heterocycles. The van der Waals surface area contributed by atoms with Crippen LogP contribution in [0.15, 0.2) is 29.2 Å². The molecule has 1 aliphatic heterocycles. The zero-order valence-electron chi connectivity index (χ0n) is 9.89. The lowest BCUT2D eigenvalue weighted by Crippen LogP contribution is -2.35. The molecule has 3 rings (SSSR count). The third-order valence-corrected chi connectivity index (χ3v) is 5.95. The average Bonchev–Trinajstić information content (AvgIpc) is 3.10. The van der Waals surface area contributed by atoms with Gasteiger partial charge in [0.15, 0.2) is 9.84 Å². The molecule has 2 unspecified atom stereocenters. The van der Waals surface area contributed by atoms with E-state index in [0.29, 0.717) is 17.4 Å². The molecule has 0 bridgehead atoms. The number of benzene rings is 1. The first-order valence-electron chi connectivity index (χ1n) is 6.18. The maximum atomic E-state index is 12.2. The Bertz CT molecular complexity index is 534. The Balaban J connectivity index is 2.04. The second-order valence-corrected chi connectivity index (χ2v) is 7.46. The van der Waals surface area contributed by atoms with Gasteiger partial charge in [0.1, 0.15) is 0 Å². The smallest absolute Gasteiger partial charge is 0.181 e. The third-order valence-electron chi connectivity index (χ3n) is 3.71. The molecule has 0 spiro atoms. The Morgan fingerprint density at radius 3 is 2.65 bits per heavy atom. The molecular weight excluding hydrogens is 234 g/mol. The van der Waals surface area contributed by atoms with Gasteiger partial charge < -0.3 is 5.32 Å². The molecule has 1 fully saturated rings. The van der Waals surface area contributed by atoms with Gasteiger partial charge in [-0.3, -0.25) is 0 Å². The molecule has 1 aromatic rings. The van der Waals surface area contributed by atoms with E-state index in [-0.39, 0.29) is 11.3 Å². The lowest BCUT2D eigenvalue weighted by molar-refractivity contribution is 0.461. The Labute approximate surface area is 102 Å². The van der Waals surface area contributed by atoms with Crippen LogP contribution < -0.4 is 5.32 Å². The molecule has 0 amide bonds. The van der Waals surface area contributed by atoms with Gasteiger partial charge in [0.25, 0.3) is 0 Å². The minimum atomic E-state index is -3.11. The summed E-state index contributed by atoms with van der Waals surface area (Å²) in [6, 6.07) is 8.22. The largest absolute Gasteiger partial charge is 0.307 e. The van der Waals surface area contributed by atoms with Gasteiger partial charge in [-0.2, -0.15) is 0 Å². The van der Waals surface area contributed by atoms with Crippen LogP contribution in [0.3, 0.4) is 0 Å². The molecule has 2 atom stereocenters. The van der Waals surface area contributed by atoms with E-state index in [4.69, 9.17) is 0 Å². The number of sulfone groups is 1. The summed E-state index contributed by atoms with van der Waals surface area (Å²) in [5, 5.41) is 3.27. The summed E-state index contributed by atoms with van der Waals surface area (Å²) in [5.74, 6) is 0. The summed E-state index contributed by atoms with van der Waals surface area (Å²) >= 11 is 0. The zero-order valence-corrected chi connectivity index (χ0v) is 10.7. The van der Waals surface area contributed by atoms with Gasteiger partial charge in [-0.15, -0.1) is 0 Å². The van der Waals surface area contributed by atoms with E-state index in [1.807, 2.05) is 25.1 Å². The second-order valence-electron chi connectivity index (χ2n) is 5.12. The quantitative estimate of drug-likeness (QED) is 0.875. The molecule has 4 heteroatoms. The van der Waals surface area contributed by atoms with Gasteiger partial charge in [0.2, 0.25) is 0 Å². The first-order chi connectivity index (χ1) is 8.09. The van der Waals surface area contributed by atoms with Crippen molar-refractivity contribution in [3.05, 3.63) is 29.8 Å². The Morgan fingerprint density at radius 1 is 1.24 bits per heavy atom. The second kappa shape index (κ2) is 3.82. The van der Waals surface area contributed by atoms with Crippen LogP contribution in [-0.2, 0) is 9.84 Å². The van der Waals surface area contributed by atoms with E-state index < -0.39 is 9.84 Å². The fourth-order valence-electron chi connectivity index (χ4n) is 2.52. The lowest BCUT2D eigenvalue weighted by atomic mass is 10.0. The Morgan fingerprint density at radius 2 is 1.94 bits per heavy atom. The van der Waals surface area contributed by atoms with E-state index in [0.717, 1.165) is 5.56 Å². The molecule has 0 radical (unpaired) electrons. The molecule has 92 valence electrons. The van der Waals surface area contributed by atoms with Crippen molar-refractivity contribution in [1.29, 1.82) is 0 Å². The summed E-state index contributed by atoms with van der Waals surface area (Å²) in [4.78, 5) is 0.525. The van der Waals surface area contributed by atoms with Crippen LogP contribution in [0.25, 0.3) is 0 Å². The van der Waals surface area contributed by atoms with E-state index >= 15 is 0 Å². The number of fused-ring (bicyclic) bond motifs is 1. The predicted octanol–water partition coefficient (Wildman–Crippen LogP) is 2.05. The van der Waals surface area contributed by atoms with Crippen LogP contribution in [0.1, 0.15) is 37.8 Å². The molecule has 17 heavy (non-hydrogen) atoms. The van der Waals surface area contributed by atoms with Crippen LogP contribution in [0.5, 0.6) is 0 Å². The lowest BCUT2D eigenvalue weighted by Gasteiger charge is -2.30. The summed E-state index contributed by atoms with van der Waals surface area (Å²) in [6.07, 6.45) is 3.13. The van der Waals surface area contributed by atoms with Crippen molar-refractivity contribution in [2.45, 2.75) is 48.4 Å². The van der Waals surface area contributed by atoms with Gasteiger partial charge >= 0.3 is 0 Å². The standard InChI is InChI=1S/C13H17NO2S/c1-9-8-12(14-10-6-7-10)11-4-2-3-5-13(11)17(9,15)16/h2-5,9-10,12,14H,6-8H2,1H3. The minimum Gasteiger partial charge on any atom is -0.307 e. The average molecular weight is 251 g/mol.